The first-order valence-electron chi connectivity index (χ1n) is 38.5. The first-order valence-corrected chi connectivity index (χ1v) is 38.5. The maximum atomic E-state index is 14.1. The summed E-state index contributed by atoms with van der Waals surface area (Å²) in [6.45, 7) is 13.1. The largest absolute Gasteiger partial charge is 0.368 e. The molecule has 8 fully saturated rings. The van der Waals surface area contributed by atoms with Gasteiger partial charge in [-0.2, -0.15) is 0 Å². The molecule has 10 aliphatic heterocycles. The Morgan fingerprint density at radius 1 is 0.389 bits per heavy atom. The van der Waals surface area contributed by atoms with Gasteiger partial charge in [0.25, 0.3) is 23.6 Å². The number of imide groups is 4. The van der Waals surface area contributed by atoms with Gasteiger partial charge in [-0.15, -0.1) is 10.2 Å². The average Bonchev–Trinajstić information content (AvgIpc) is 1.61. The van der Waals surface area contributed by atoms with E-state index in [0.29, 0.717) is 17.6 Å². The Bertz CT molecular complexity index is 5480. The number of nitrogens with one attached hydrogen (secondary N) is 3. The molecule has 8 saturated heterocycles. The summed E-state index contributed by atoms with van der Waals surface area (Å²) in [6.07, 6.45) is 7.99. The smallest absolute Gasteiger partial charge is 0.262 e. The summed E-state index contributed by atoms with van der Waals surface area (Å²) in [7, 11) is 0. The standard InChI is InChI=1S/C41H39FN10O4.C28H31FN8.C13H9FN2O4/c42-26-5-1-4-25(20-26)32-7-3-15-50(32)37-13-12-35-43-22-34(52(35)46-37)31-6-2-8-36(44-31)48-18-16-47(17-19-48)28-23-49(24-28)27-9-10-29-30(21-27)41(56)51(40(29)55)33-11-14-38(53)45-39(33)54;29-21-5-1-4-20(16-21)24-7-3-11-36(24)28-10-9-26-31-19-25(37(26)33-28)23-6-2-8-27(32-23)35-14-12-34(13-15-35)22-17-30-18-22;14-6-1-2-7-8(5-6)13(20)16(12(7)19)9-3-4-10(17)15-11(9)18/h1-2,4-6,8-10,12-13,20-22,28,32-33H,3,7,11,14-19,23-24H2,(H,45,53,54);1-2,4-6,8-10,16,19,22,24,30H,3,7,11-15,17-18H2;1-2,5,9H,3-4H2,(H,15,17,18)/t32-,33?;24-;/m11./s1. The Morgan fingerprint density at radius 2 is 0.841 bits per heavy atom. The minimum atomic E-state index is -1.02. The highest BCUT2D eigenvalue weighted by Gasteiger charge is 2.47. The van der Waals surface area contributed by atoms with Gasteiger partial charge < -0.3 is 29.8 Å². The van der Waals surface area contributed by atoms with Crippen molar-refractivity contribution in [2.45, 2.75) is 87.6 Å². The predicted octanol–water partition coefficient (Wildman–Crippen LogP) is 7.28. The lowest BCUT2D eigenvalue weighted by atomic mass is 10.0. The second kappa shape index (κ2) is 30.0. The highest BCUT2D eigenvalue weighted by atomic mass is 19.1. The van der Waals surface area contributed by atoms with E-state index in [1.807, 2.05) is 88.2 Å². The van der Waals surface area contributed by atoms with Crippen LogP contribution in [0.25, 0.3) is 34.1 Å². The van der Waals surface area contributed by atoms with Crippen molar-refractivity contribution < 1.29 is 51.5 Å². The Hall–Kier alpha value is -12.4. The van der Waals surface area contributed by atoms with Gasteiger partial charge in [-0.3, -0.25) is 68.6 Å². The van der Waals surface area contributed by atoms with Crippen molar-refractivity contribution in [2.75, 3.05) is 116 Å². The van der Waals surface area contributed by atoms with Crippen LogP contribution < -0.4 is 40.4 Å². The number of halogens is 3. The number of carbonyl (C=O) groups excluding carboxylic acids is 8. The van der Waals surface area contributed by atoms with E-state index in [1.165, 1.54) is 18.2 Å². The van der Waals surface area contributed by atoms with E-state index < -0.39 is 65.2 Å². The number of pyridine rings is 2. The van der Waals surface area contributed by atoms with E-state index >= 15 is 0 Å². The zero-order chi connectivity index (χ0) is 77.3. The Balaban J connectivity index is 0.000000133. The number of fused-ring (bicyclic) bond motifs is 4. The van der Waals surface area contributed by atoms with Crippen LogP contribution in [0.15, 0.2) is 158 Å². The summed E-state index contributed by atoms with van der Waals surface area (Å²) < 4.78 is 44.9. The van der Waals surface area contributed by atoms with Crippen molar-refractivity contribution in [3.8, 4) is 22.8 Å². The number of anilines is 5. The second-order valence-corrected chi connectivity index (χ2v) is 30.0. The minimum absolute atomic E-state index is 0.0537. The minimum Gasteiger partial charge on any atom is -0.368 e. The third-order valence-electron chi connectivity index (χ3n) is 23.4. The molecule has 113 heavy (non-hydrogen) atoms. The first-order chi connectivity index (χ1) is 55.0. The van der Waals surface area contributed by atoms with Crippen molar-refractivity contribution in [1.82, 2.24) is 74.7 Å². The highest BCUT2D eigenvalue weighted by Crippen LogP contribution is 2.40. The summed E-state index contributed by atoms with van der Waals surface area (Å²) in [5.74, 6) is -1.93. The number of piperazine rings is 2. The lowest BCUT2D eigenvalue weighted by Gasteiger charge is -2.49. The molecule has 10 aromatic rings. The second-order valence-electron chi connectivity index (χ2n) is 30.0. The number of piperidine rings is 2. The lowest BCUT2D eigenvalue weighted by molar-refractivity contribution is -0.137. The number of benzene rings is 4. The molecule has 6 aromatic heterocycles. The number of aromatic nitrogens is 8. The molecule has 0 aliphatic carbocycles. The van der Waals surface area contributed by atoms with Gasteiger partial charge in [-0.05, 0) is 159 Å². The van der Waals surface area contributed by atoms with E-state index in [2.05, 4.69) is 72.4 Å². The topological polar surface area (TPSA) is 288 Å². The SMILES string of the molecule is Fc1cccc([C@H]2CCCN2c2ccc3ncc(-c4cccc(N5CCN(C6CNC6)CC5)n4)n3n2)c1.O=C1CCC(N2C(=O)c3ccc(F)cc3C2=O)C(=O)N1.O=C1CCC(N2C(=O)c3ccc(N4CC(N5CCN(c6cccc(-c7cnc8ccc(N9CCC[C@@H]9c9cccc(F)c9)nn78)n6)CC5)C4)cc3C2=O)C(=O)N1. The molecule has 0 radical (unpaired) electrons. The van der Waals surface area contributed by atoms with Gasteiger partial charge in [-0.1, -0.05) is 36.4 Å². The van der Waals surface area contributed by atoms with E-state index in [4.69, 9.17) is 20.2 Å². The molecule has 0 bridgehead atoms. The molecule has 10 aliphatic rings. The van der Waals surface area contributed by atoms with E-state index in [0.717, 1.165) is 213 Å². The molecule has 28 nitrogen and oxygen atoms in total. The molecule has 0 saturated carbocycles. The van der Waals surface area contributed by atoms with Gasteiger partial charge in [0.2, 0.25) is 23.6 Å². The average molecular weight is 1530 g/mol. The molecule has 8 amide bonds. The fourth-order valence-electron chi connectivity index (χ4n) is 17.2. The molecule has 2 unspecified atom stereocenters. The van der Waals surface area contributed by atoms with Gasteiger partial charge >= 0.3 is 0 Å². The van der Waals surface area contributed by atoms with Crippen LogP contribution in [0, 0.1) is 17.5 Å². The summed E-state index contributed by atoms with van der Waals surface area (Å²) in [4.78, 5) is 135. The molecule has 3 N–H and O–H groups in total. The normalized spacial score (nSPS) is 21.7. The van der Waals surface area contributed by atoms with Gasteiger partial charge in [-0.25, -0.2) is 42.1 Å². The van der Waals surface area contributed by atoms with Gasteiger partial charge in [0.1, 0.15) is 64.2 Å². The fraction of sp³-hybridized carbons (Fsp3) is 0.341. The molecule has 31 heteroatoms. The van der Waals surface area contributed by atoms with Crippen molar-refractivity contribution >= 4 is 87.5 Å². The number of hydrogen-bond donors (Lipinski definition) is 3. The maximum Gasteiger partial charge on any atom is 0.262 e. The molecule has 16 heterocycles. The summed E-state index contributed by atoms with van der Waals surface area (Å²) in [6, 6.07) is 41.8. The van der Waals surface area contributed by atoms with Crippen molar-refractivity contribution in [3.05, 3.63) is 209 Å². The van der Waals surface area contributed by atoms with Crippen molar-refractivity contribution in [3.63, 3.8) is 0 Å². The third kappa shape index (κ3) is 13.9. The van der Waals surface area contributed by atoms with Crippen LogP contribution in [0.1, 0.15) is 116 Å². The first kappa shape index (κ1) is 72.2. The van der Waals surface area contributed by atoms with Gasteiger partial charge in [0.15, 0.2) is 11.3 Å². The van der Waals surface area contributed by atoms with Crippen LogP contribution in [0.5, 0.6) is 0 Å². The summed E-state index contributed by atoms with van der Waals surface area (Å²) in [5.41, 5.74) is 8.26. The Morgan fingerprint density at radius 3 is 1.31 bits per heavy atom. The molecule has 4 atom stereocenters. The van der Waals surface area contributed by atoms with Crippen molar-refractivity contribution in [2.24, 2.45) is 0 Å². The molecule has 4 aromatic carbocycles. The summed E-state index contributed by atoms with van der Waals surface area (Å²) in [5, 5.41) is 17.7. The number of nitrogens with zero attached hydrogens (tertiary/aromatic N) is 17. The van der Waals surface area contributed by atoms with Crippen molar-refractivity contribution in [1.29, 1.82) is 0 Å². The molecule has 20 rings (SSSR count). The van der Waals surface area contributed by atoms with Crippen LogP contribution in [-0.4, -0.2) is 222 Å². The van der Waals surface area contributed by atoms with E-state index in [9.17, 15) is 51.5 Å². The number of imidazole rings is 2. The fourth-order valence-corrected chi connectivity index (χ4v) is 17.2. The Kier molecular flexibility index (Phi) is 19.2. The van der Waals surface area contributed by atoms with Gasteiger partial charge in [0, 0.05) is 122 Å². The molecule has 0 spiro atoms. The predicted molar refractivity (Wildman–Crippen MR) is 410 cm³/mol. The lowest BCUT2D eigenvalue weighted by Crippen LogP contribution is -2.63. The molecule has 576 valence electrons. The van der Waals surface area contributed by atoms with Crippen LogP contribution in [0.4, 0.5) is 42.1 Å². The number of carbonyl (C=O) groups is 8. The van der Waals surface area contributed by atoms with Crippen LogP contribution >= 0.6 is 0 Å². The van der Waals surface area contributed by atoms with Crippen LogP contribution in [0.2, 0.25) is 0 Å². The van der Waals surface area contributed by atoms with Crippen LogP contribution in [-0.2, 0) is 19.2 Å². The maximum absolute atomic E-state index is 14.1. The summed E-state index contributed by atoms with van der Waals surface area (Å²) >= 11 is 0. The zero-order valence-corrected chi connectivity index (χ0v) is 61.5. The van der Waals surface area contributed by atoms with E-state index in [1.54, 1.807) is 36.4 Å². The monoisotopic (exact) mass is 1530 g/mol. The van der Waals surface area contributed by atoms with Gasteiger partial charge in [0.05, 0.1) is 58.1 Å². The number of hydrogen-bond acceptors (Lipinski definition) is 22. The number of amides is 8. The molecular weight excluding hydrogens is 1450 g/mol. The van der Waals surface area contributed by atoms with Crippen LogP contribution in [0.3, 0.4) is 0 Å². The quantitative estimate of drug-likeness (QED) is 0.0956. The molecular formula is C82H79F3N20O8. The third-order valence-corrected chi connectivity index (χ3v) is 23.4. The van der Waals surface area contributed by atoms with E-state index in [-0.39, 0.29) is 66.1 Å². The zero-order valence-electron chi connectivity index (χ0n) is 61.5. The highest BCUT2D eigenvalue weighted by molar-refractivity contribution is 6.24. The Labute approximate surface area is 646 Å². The number of rotatable bonds is 13.